The van der Waals surface area contributed by atoms with Crippen molar-refractivity contribution >= 4 is 5.69 Å². The molecule has 0 unspecified atom stereocenters. The van der Waals surface area contributed by atoms with Crippen LogP contribution in [0.25, 0.3) is 0 Å². The van der Waals surface area contributed by atoms with Crippen molar-refractivity contribution in [3.63, 3.8) is 0 Å². The van der Waals surface area contributed by atoms with Crippen molar-refractivity contribution in [3.8, 4) is 6.07 Å². The highest BCUT2D eigenvalue weighted by atomic mass is 19.1. The van der Waals surface area contributed by atoms with Gasteiger partial charge in [-0.2, -0.15) is 5.26 Å². The first-order valence-electron chi connectivity index (χ1n) is 5.53. The van der Waals surface area contributed by atoms with Gasteiger partial charge in [0.05, 0.1) is 24.1 Å². The second-order valence-electron chi connectivity index (χ2n) is 3.89. The Morgan fingerprint density at radius 2 is 2.41 bits per heavy atom. The fourth-order valence-corrected chi connectivity index (χ4v) is 1.72. The Labute approximate surface area is 99.5 Å². The smallest absolute Gasteiger partial charge is 0.124 e. The highest BCUT2D eigenvalue weighted by Crippen LogP contribution is 2.17. The molecule has 3 nitrogen and oxygen atoms in total. The maximum Gasteiger partial charge on any atom is 0.124 e. The number of rotatable bonds is 3. The number of anilines is 1. The van der Waals surface area contributed by atoms with Crippen LogP contribution in [0.3, 0.4) is 0 Å². The first-order chi connectivity index (χ1) is 8.29. The number of allylic oxidation sites excluding steroid dienone is 1. The third-order valence-electron chi connectivity index (χ3n) is 2.64. The first kappa shape index (κ1) is 11.5. The van der Waals surface area contributed by atoms with E-state index in [1.165, 1.54) is 12.1 Å². The number of hydrogen-bond acceptors (Lipinski definition) is 3. The molecule has 1 aliphatic heterocycles. The maximum atomic E-state index is 12.9. The van der Waals surface area contributed by atoms with Crippen LogP contribution in [0.4, 0.5) is 10.1 Å². The minimum atomic E-state index is -0.399. The largest absolute Gasteiger partial charge is 0.497 e. The zero-order valence-electron chi connectivity index (χ0n) is 9.32. The van der Waals surface area contributed by atoms with E-state index in [2.05, 4.69) is 5.32 Å². The average Bonchev–Trinajstić information content (AvgIpc) is 2.38. The van der Waals surface area contributed by atoms with Gasteiger partial charge in [-0.05, 0) is 37.1 Å². The second-order valence-corrected chi connectivity index (χ2v) is 3.89. The van der Waals surface area contributed by atoms with E-state index in [-0.39, 0.29) is 6.10 Å². The summed E-state index contributed by atoms with van der Waals surface area (Å²) in [4.78, 5) is 0. The van der Waals surface area contributed by atoms with E-state index in [0.717, 1.165) is 12.8 Å². The van der Waals surface area contributed by atoms with Gasteiger partial charge in [-0.1, -0.05) is 0 Å². The Morgan fingerprint density at radius 1 is 1.53 bits per heavy atom. The Balaban J connectivity index is 1.99. The molecule has 2 rings (SSSR count). The number of nitrogens with one attached hydrogen (secondary N) is 1. The molecule has 17 heavy (non-hydrogen) atoms. The standard InChI is InChI=1S/C13H13FN2O/c14-11-4-5-13(10(7-11)8-15)16-9-12-3-1-2-6-17-12/h2,4-7,12,16H,1,3,9H2/t12-/m0/s1. The van der Waals surface area contributed by atoms with Crippen molar-refractivity contribution in [1.82, 2.24) is 0 Å². The molecule has 1 aromatic carbocycles. The van der Waals surface area contributed by atoms with Crippen molar-refractivity contribution in [2.75, 3.05) is 11.9 Å². The molecule has 0 amide bonds. The summed E-state index contributed by atoms with van der Waals surface area (Å²) in [5.74, 6) is -0.399. The zero-order chi connectivity index (χ0) is 12.1. The fourth-order valence-electron chi connectivity index (χ4n) is 1.72. The molecule has 0 saturated carbocycles. The number of nitrogens with zero attached hydrogens (tertiary/aromatic N) is 1. The molecule has 0 spiro atoms. The van der Waals surface area contributed by atoms with Gasteiger partial charge in [0.2, 0.25) is 0 Å². The molecule has 1 aliphatic rings. The van der Waals surface area contributed by atoms with Gasteiger partial charge >= 0.3 is 0 Å². The lowest BCUT2D eigenvalue weighted by molar-refractivity contribution is 0.135. The Bertz CT molecular complexity index is 465. The minimum Gasteiger partial charge on any atom is -0.497 e. The molecule has 1 atom stereocenters. The van der Waals surface area contributed by atoms with E-state index >= 15 is 0 Å². The van der Waals surface area contributed by atoms with Crippen molar-refractivity contribution in [3.05, 3.63) is 41.9 Å². The summed E-state index contributed by atoms with van der Waals surface area (Å²) in [6.07, 6.45) is 5.74. The predicted octanol–water partition coefficient (Wildman–Crippen LogP) is 2.80. The van der Waals surface area contributed by atoms with Crippen LogP contribution in [0.2, 0.25) is 0 Å². The average molecular weight is 232 g/mol. The lowest BCUT2D eigenvalue weighted by Gasteiger charge is -2.20. The molecule has 0 fully saturated rings. The van der Waals surface area contributed by atoms with Gasteiger partial charge in [0.1, 0.15) is 18.0 Å². The summed E-state index contributed by atoms with van der Waals surface area (Å²) in [6.45, 7) is 0.616. The summed E-state index contributed by atoms with van der Waals surface area (Å²) in [7, 11) is 0. The molecule has 1 aromatic rings. The monoisotopic (exact) mass is 232 g/mol. The maximum absolute atomic E-state index is 12.9. The van der Waals surface area contributed by atoms with E-state index in [4.69, 9.17) is 10.00 Å². The van der Waals surface area contributed by atoms with Crippen molar-refractivity contribution < 1.29 is 9.13 Å². The quantitative estimate of drug-likeness (QED) is 0.871. The molecule has 0 aromatic heterocycles. The van der Waals surface area contributed by atoms with Crippen LogP contribution in [0, 0.1) is 17.1 Å². The van der Waals surface area contributed by atoms with E-state index in [9.17, 15) is 4.39 Å². The SMILES string of the molecule is N#Cc1cc(F)ccc1NC[C@@H]1CCC=CO1. The Kier molecular flexibility index (Phi) is 3.61. The van der Waals surface area contributed by atoms with E-state index in [1.807, 2.05) is 12.1 Å². The molecular formula is C13H13FN2O. The van der Waals surface area contributed by atoms with Gasteiger partial charge in [0, 0.05) is 0 Å². The highest BCUT2D eigenvalue weighted by molar-refractivity contribution is 5.57. The van der Waals surface area contributed by atoms with E-state index in [0.29, 0.717) is 17.8 Å². The van der Waals surface area contributed by atoms with E-state index < -0.39 is 5.82 Å². The molecule has 4 heteroatoms. The van der Waals surface area contributed by atoms with Gasteiger partial charge in [-0.3, -0.25) is 0 Å². The van der Waals surface area contributed by atoms with Gasteiger partial charge in [-0.15, -0.1) is 0 Å². The van der Waals surface area contributed by atoms with Crippen LogP contribution in [-0.4, -0.2) is 12.6 Å². The number of benzene rings is 1. The van der Waals surface area contributed by atoms with Crippen molar-refractivity contribution in [2.45, 2.75) is 18.9 Å². The third-order valence-corrected chi connectivity index (χ3v) is 2.64. The van der Waals surface area contributed by atoms with Crippen molar-refractivity contribution in [2.24, 2.45) is 0 Å². The molecule has 0 bridgehead atoms. The number of hydrogen-bond donors (Lipinski definition) is 1. The van der Waals surface area contributed by atoms with Crippen molar-refractivity contribution in [1.29, 1.82) is 5.26 Å². The molecule has 1 heterocycles. The molecular weight excluding hydrogens is 219 g/mol. The normalized spacial score (nSPS) is 18.2. The molecule has 1 N–H and O–H groups in total. The lowest BCUT2D eigenvalue weighted by Crippen LogP contribution is -2.23. The summed E-state index contributed by atoms with van der Waals surface area (Å²) in [5.41, 5.74) is 0.961. The molecule has 0 aliphatic carbocycles. The van der Waals surface area contributed by atoms with Gasteiger partial charge in [-0.25, -0.2) is 4.39 Å². The van der Waals surface area contributed by atoms with Gasteiger partial charge in [0.15, 0.2) is 0 Å². The minimum absolute atomic E-state index is 0.108. The zero-order valence-corrected chi connectivity index (χ0v) is 9.32. The Hall–Kier alpha value is -2.02. The lowest BCUT2D eigenvalue weighted by atomic mass is 10.1. The molecule has 0 saturated heterocycles. The van der Waals surface area contributed by atoms with Crippen LogP contribution in [-0.2, 0) is 4.74 Å². The van der Waals surface area contributed by atoms with Gasteiger partial charge in [0.25, 0.3) is 0 Å². The summed E-state index contributed by atoms with van der Waals surface area (Å²) in [6, 6.07) is 6.11. The topological polar surface area (TPSA) is 45.0 Å². The second kappa shape index (κ2) is 5.35. The summed E-state index contributed by atoms with van der Waals surface area (Å²) in [5, 5.41) is 12.0. The van der Waals surface area contributed by atoms with Crippen LogP contribution in [0.5, 0.6) is 0 Å². The molecule has 88 valence electrons. The van der Waals surface area contributed by atoms with Crippen LogP contribution in [0.1, 0.15) is 18.4 Å². The van der Waals surface area contributed by atoms with Crippen LogP contribution in [0.15, 0.2) is 30.5 Å². The first-order valence-corrected chi connectivity index (χ1v) is 5.53. The van der Waals surface area contributed by atoms with Crippen LogP contribution >= 0.6 is 0 Å². The third kappa shape index (κ3) is 2.97. The van der Waals surface area contributed by atoms with Gasteiger partial charge < -0.3 is 10.1 Å². The number of ether oxygens (including phenoxy) is 1. The summed E-state index contributed by atoms with van der Waals surface area (Å²) >= 11 is 0. The fraction of sp³-hybridized carbons (Fsp3) is 0.308. The Morgan fingerprint density at radius 3 is 3.12 bits per heavy atom. The van der Waals surface area contributed by atoms with E-state index in [1.54, 1.807) is 12.3 Å². The molecule has 0 radical (unpaired) electrons. The highest BCUT2D eigenvalue weighted by Gasteiger charge is 2.11. The number of halogens is 1. The predicted molar refractivity (Wildman–Crippen MR) is 62.9 cm³/mol. The summed E-state index contributed by atoms with van der Waals surface area (Å²) < 4.78 is 18.3. The van der Waals surface area contributed by atoms with Crippen LogP contribution < -0.4 is 5.32 Å². The number of nitriles is 1.